The van der Waals surface area contributed by atoms with E-state index in [0.717, 1.165) is 30.5 Å². The lowest BCUT2D eigenvalue weighted by Crippen LogP contribution is -2.20. The minimum absolute atomic E-state index is 0.297. The van der Waals surface area contributed by atoms with Gasteiger partial charge in [-0.05, 0) is 31.4 Å². The fourth-order valence-electron chi connectivity index (χ4n) is 2.73. The molecule has 0 aliphatic heterocycles. The number of aromatic nitrogens is 2. The van der Waals surface area contributed by atoms with E-state index in [9.17, 15) is 9.59 Å². The van der Waals surface area contributed by atoms with Gasteiger partial charge in [-0.2, -0.15) is 5.10 Å². The number of aromatic amines is 1. The molecule has 2 aromatic rings. The van der Waals surface area contributed by atoms with Crippen LogP contribution in [0, 0.1) is 0 Å². The van der Waals surface area contributed by atoms with E-state index in [1.165, 1.54) is 11.3 Å². The molecule has 0 unspecified atom stereocenters. The average molecular weight is 315 g/mol. The third-order valence-corrected chi connectivity index (χ3v) is 3.68. The molecule has 3 N–H and O–H groups in total. The van der Waals surface area contributed by atoms with E-state index >= 15 is 0 Å². The summed E-state index contributed by atoms with van der Waals surface area (Å²) in [5.74, 6) is -1.50. The second-order valence-corrected chi connectivity index (χ2v) is 5.40. The zero-order valence-electron chi connectivity index (χ0n) is 12.5. The lowest BCUT2D eigenvalue weighted by molar-refractivity contribution is -0.143. The smallest absolute Gasteiger partial charge is 0.329 e. The summed E-state index contributed by atoms with van der Waals surface area (Å²) in [7, 11) is 0. The van der Waals surface area contributed by atoms with Gasteiger partial charge >= 0.3 is 5.97 Å². The standard InChI is InChI=1S/C16H17N3O4/c20-14(8-23-9-15(21)22)17-11-4-1-3-10(7-11)16-12-5-2-6-13(12)18-19-16/h1,3-4,7H,2,5-6,8-9H2,(H,17,20)(H,18,19)(H,21,22). The van der Waals surface area contributed by atoms with E-state index in [1.54, 1.807) is 6.07 Å². The summed E-state index contributed by atoms with van der Waals surface area (Å²) >= 11 is 0. The Morgan fingerprint density at radius 1 is 1.30 bits per heavy atom. The lowest BCUT2D eigenvalue weighted by Gasteiger charge is -2.07. The molecule has 7 heteroatoms. The SMILES string of the molecule is O=C(O)COCC(=O)Nc1cccc(-c2n[nH]c3c2CCC3)c1. The van der Waals surface area contributed by atoms with Crippen LogP contribution in [0.25, 0.3) is 11.3 Å². The summed E-state index contributed by atoms with van der Waals surface area (Å²) in [6, 6.07) is 7.42. The zero-order chi connectivity index (χ0) is 16.2. The highest BCUT2D eigenvalue weighted by Gasteiger charge is 2.19. The number of carboxylic acids is 1. The molecule has 120 valence electrons. The molecular weight excluding hydrogens is 298 g/mol. The Morgan fingerprint density at radius 2 is 2.17 bits per heavy atom. The van der Waals surface area contributed by atoms with Crippen molar-refractivity contribution in [3.8, 4) is 11.3 Å². The Kier molecular flexibility index (Phi) is 4.38. The molecule has 1 heterocycles. The number of carbonyl (C=O) groups is 2. The van der Waals surface area contributed by atoms with Crippen molar-refractivity contribution in [1.29, 1.82) is 0 Å². The van der Waals surface area contributed by atoms with Crippen molar-refractivity contribution in [1.82, 2.24) is 10.2 Å². The number of hydrogen-bond acceptors (Lipinski definition) is 4. The second-order valence-electron chi connectivity index (χ2n) is 5.40. The molecule has 3 rings (SSSR count). The number of aliphatic carboxylic acids is 1. The van der Waals surface area contributed by atoms with Gasteiger partial charge in [0.05, 0.1) is 5.69 Å². The van der Waals surface area contributed by atoms with E-state index in [4.69, 9.17) is 9.84 Å². The number of ether oxygens (including phenoxy) is 1. The molecule has 0 fully saturated rings. The maximum atomic E-state index is 11.7. The van der Waals surface area contributed by atoms with Crippen molar-refractivity contribution < 1.29 is 19.4 Å². The van der Waals surface area contributed by atoms with Crippen LogP contribution in [0.1, 0.15) is 17.7 Å². The maximum Gasteiger partial charge on any atom is 0.329 e. The van der Waals surface area contributed by atoms with Crippen LogP contribution in [-0.4, -0.2) is 40.4 Å². The summed E-state index contributed by atoms with van der Waals surface area (Å²) in [5.41, 5.74) is 4.93. The monoisotopic (exact) mass is 315 g/mol. The first-order valence-corrected chi connectivity index (χ1v) is 7.39. The van der Waals surface area contributed by atoms with Gasteiger partial charge in [0.1, 0.15) is 13.2 Å². The third-order valence-electron chi connectivity index (χ3n) is 3.68. The third kappa shape index (κ3) is 3.57. The van der Waals surface area contributed by atoms with Crippen molar-refractivity contribution in [3.63, 3.8) is 0 Å². The Balaban J connectivity index is 1.68. The number of nitrogens with zero attached hydrogens (tertiary/aromatic N) is 1. The zero-order valence-corrected chi connectivity index (χ0v) is 12.5. The van der Waals surface area contributed by atoms with Crippen LogP contribution >= 0.6 is 0 Å². The molecule has 0 saturated heterocycles. The summed E-state index contributed by atoms with van der Waals surface area (Å²) < 4.78 is 4.76. The van der Waals surface area contributed by atoms with Crippen LogP contribution in [0.4, 0.5) is 5.69 Å². The van der Waals surface area contributed by atoms with E-state index in [2.05, 4.69) is 15.5 Å². The first-order valence-electron chi connectivity index (χ1n) is 7.39. The van der Waals surface area contributed by atoms with E-state index in [0.29, 0.717) is 5.69 Å². The van der Waals surface area contributed by atoms with Gasteiger partial charge in [0.25, 0.3) is 0 Å². The first-order chi connectivity index (χ1) is 11.1. The molecule has 23 heavy (non-hydrogen) atoms. The number of carbonyl (C=O) groups excluding carboxylic acids is 1. The topological polar surface area (TPSA) is 104 Å². The molecule has 0 bridgehead atoms. The van der Waals surface area contributed by atoms with Crippen molar-refractivity contribution >= 4 is 17.6 Å². The Labute approximate surface area is 132 Å². The summed E-state index contributed by atoms with van der Waals surface area (Å²) in [6.45, 7) is -0.790. The number of nitrogens with one attached hydrogen (secondary N) is 2. The quantitative estimate of drug-likeness (QED) is 0.751. The summed E-state index contributed by atoms with van der Waals surface area (Å²) in [6.07, 6.45) is 3.18. The molecule has 0 spiro atoms. The number of hydrogen-bond donors (Lipinski definition) is 3. The van der Waals surface area contributed by atoms with Gasteiger partial charge in [0.15, 0.2) is 0 Å². The number of benzene rings is 1. The molecule has 0 saturated carbocycles. The molecular formula is C16H17N3O4. The van der Waals surface area contributed by atoms with Gasteiger partial charge in [-0.3, -0.25) is 9.89 Å². The van der Waals surface area contributed by atoms with Crippen molar-refractivity contribution in [3.05, 3.63) is 35.5 Å². The average Bonchev–Trinajstić information content (AvgIpc) is 3.09. The Bertz CT molecular complexity index is 739. The number of fused-ring (bicyclic) bond motifs is 1. The normalized spacial score (nSPS) is 12.9. The fourth-order valence-corrected chi connectivity index (χ4v) is 2.73. The predicted octanol–water partition coefficient (Wildman–Crippen LogP) is 1.61. The number of H-pyrrole nitrogens is 1. The van der Waals surface area contributed by atoms with E-state index in [-0.39, 0.29) is 6.61 Å². The highest BCUT2D eigenvalue weighted by molar-refractivity contribution is 5.92. The van der Waals surface area contributed by atoms with Crippen molar-refractivity contribution in [2.24, 2.45) is 0 Å². The van der Waals surface area contributed by atoms with Crippen LogP contribution < -0.4 is 5.32 Å². The van der Waals surface area contributed by atoms with Crippen molar-refractivity contribution in [2.75, 3.05) is 18.5 Å². The van der Waals surface area contributed by atoms with Crippen LogP contribution in [0.3, 0.4) is 0 Å². The lowest BCUT2D eigenvalue weighted by atomic mass is 10.1. The molecule has 1 amide bonds. The van der Waals surface area contributed by atoms with Gasteiger partial charge in [0.2, 0.25) is 5.91 Å². The predicted molar refractivity (Wildman–Crippen MR) is 83.1 cm³/mol. The van der Waals surface area contributed by atoms with Crippen LogP contribution in [0.2, 0.25) is 0 Å². The largest absolute Gasteiger partial charge is 0.480 e. The number of amides is 1. The summed E-state index contributed by atoms with van der Waals surface area (Å²) in [4.78, 5) is 22.1. The van der Waals surface area contributed by atoms with Crippen molar-refractivity contribution in [2.45, 2.75) is 19.3 Å². The van der Waals surface area contributed by atoms with Crippen LogP contribution in [0.5, 0.6) is 0 Å². The second kappa shape index (κ2) is 6.62. The molecule has 0 radical (unpaired) electrons. The van der Waals surface area contributed by atoms with Gasteiger partial charge < -0.3 is 15.2 Å². The molecule has 1 aromatic carbocycles. The molecule has 1 aromatic heterocycles. The number of carboxylic acid groups (broad SMARTS) is 1. The molecule has 7 nitrogen and oxygen atoms in total. The van der Waals surface area contributed by atoms with Gasteiger partial charge in [0, 0.05) is 22.5 Å². The minimum atomic E-state index is -1.10. The fraction of sp³-hybridized carbons (Fsp3) is 0.312. The number of aryl methyl sites for hydroxylation is 1. The Hall–Kier alpha value is -2.67. The first kappa shape index (κ1) is 15.2. The van der Waals surface area contributed by atoms with Gasteiger partial charge in [-0.1, -0.05) is 12.1 Å². The molecule has 1 aliphatic carbocycles. The molecule has 1 aliphatic rings. The Morgan fingerprint density at radius 3 is 3.00 bits per heavy atom. The number of anilines is 1. The summed E-state index contributed by atoms with van der Waals surface area (Å²) in [5, 5.41) is 18.6. The highest BCUT2D eigenvalue weighted by Crippen LogP contribution is 2.31. The molecule has 0 atom stereocenters. The minimum Gasteiger partial charge on any atom is -0.480 e. The van der Waals surface area contributed by atoms with Crippen LogP contribution in [-0.2, 0) is 27.2 Å². The van der Waals surface area contributed by atoms with E-state index < -0.39 is 18.5 Å². The van der Waals surface area contributed by atoms with Gasteiger partial charge in [-0.25, -0.2) is 4.79 Å². The maximum absolute atomic E-state index is 11.7. The highest BCUT2D eigenvalue weighted by atomic mass is 16.5. The van der Waals surface area contributed by atoms with Crippen LogP contribution in [0.15, 0.2) is 24.3 Å². The van der Waals surface area contributed by atoms with E-state index in [1.807, 2.05) is 18.2 Å². The van der Waals surface area contributed by atoms with Gasteiger partial charge in [-0.15, -0.1) is 0 Å². The number of rotatable bonds is 6.